The molecule has 1 aromatic carbocycles. The fraction of sp³-hybridized carbons (Fsp3) is 0.571. The van der Waals surface area contributed by atoms with E-state index in [1.54, 1.807) is 0 Å². The molecule has 16 heavy (non-hydrogen) atoms. The van der Waals surface area contributed by atoms with Gasteiger partial charge in [0, 0.05) is 6.61 Å². The molecule has 2 heteroatoms. The van der Waals surface area contributed by atoms with Crippen LogP contribution >= 0.6 is 0 Å². The topological polar surface area (TPSA) is 29.5 Å². The van der Waals surface area contributed by atoms with E-state index in [1.165, 1.54) is 5.56 Å². The zero-order valence-corrected chi connectivity index (χ0v) is 10.3. The van der Waals surface area contributed by atoms with Crippen LogP contribution in [0.25, 0.3) is 0 Å². The van der Waals surface area contributed by atoms with Crippen LogP contribution < -0.4 is 0 Å². The van der Waals surface area contributed by atoms with Crippen LogP contribution in [0.4, 0.5) is 0 Å². The Morgan fingerprint density at radius 1 is 1.19 bits per heavy atom. The van der Waals surface area contributed by atoms with E-state index in [1.807, 2.05) is 12.1 Å². The number of benzene rings is 1. The molecule has 1 rings (SSSR count). The van der Waals surface area contributed by atoms with Gasteiger partial charge in [0.2, 0.25) is 0 Å². The van der Waals surface area contributed by atoms with Crippen molar-refractivity contribution in [2.24, 2.45) is 0 Å². The predicted octanol–water partition coefficient (Wildman–Crippen LogP) is 3.10. The molecule has 0 saturated carbocycles. The SMILES string of the molecule is CCCCOCC(O)c1ccc(CC)cc1. The lowest BCUT2D eigenvalue weighted by molar-refractivity contribution is 0.0349. The first kappa shape index (κ1) is 13.2. The number of aliphatic hydroxyl groups excluding tert-OH is 1. The van der Waals surface area contributed by atoms with Crippen molar-refractivity contribution in [2.75, 3.05) is 13.2 Å². The van der Waals surface area contributed by atoms with Crippen LogP contribution in [0.3, 0.4) is 0 Å². The van der Waals surface area contributed by atoms with Crippen molar-refractivity contribution >= 4 is 0 Å². The normalized spacial score (nSPS) is 12.7. The minimum absolute atomic E-state index is 0.394. The van der Waals surface area contributed by atoms with E-state index in [9.17, 15) is 5.11 Å². The zero-order chi connectivity index (χ0) is 11.8. The number of aryl methyl sites for hydroxylation is 1. The summed E-state index contributed by atoms with van der Waals surface area (Å²) in [6.45, 7) is 5.38. The third-order valence-electron chi connectivity index (χ3n) is 2.69. The molecule has 1 atom stereocenters. The molecule has 1 aromatic rings. The van der Waals surface area contributed by atoms with Crippen molar-refractivity contribution < 1.29 is 9.84 Å². The highest BCUT2D eigenvalue weighted by atomic mass is 16.5. The van der Waals surface area contributed by atoms with E-state index >= 15 is 0 Å². The van der Waals surface area contributed by atoms with Crippen molar-refractivity contribution in [1.82, 2.24) is 0 Å². The van der Waals surface area contributed by atoms with E-state index in [2.05, 4.69) is 26.0 Å². The molecule has 0 spiro atoms. The Kier molecular flexibility index (Phi) is 6.12. The van der Waals surface area contributed by atoms with Crippen LogP contribution in [0, 0.1) is 0 Å². The average molecular weight is 222 g/mol. The Morgan fingerprint density at radius 3 is 2.44 bits per heavy atom. The quantitative estimate of drug-likeness (QED) is 0.718. The second-order valence-electron chi connectivity index (χ2n) is 4.04. The van der Waals surface area contributed by atoms with Crippen LogP contribution in [-0.4, -0.2) is 18.3 Å². The molecule has 0 aliphatic rings. The fourth-order valence-electron chi connectivity index (χ4n) is 1.51. The molecule has 90 valence electrons. The van der Waals surface area contributed by atoms with Crippen LogP contribution in [-0.2, 0) is 11.2 Å². The predicted molar refractivity (Wildman–Crippen MR) is 66.5 cm³/mol. The van der Waals surface area contributed by atoms with Gasteiger partial charge in [-0.2, -0.15) is 0 Å². The molecule has 0 saturated heterocycles. The number of unbranched alkanes of at least 4 members (excludes halogenated alkanes) is 1. The maximum absolute atomic E-state index is 9.86. The second-order valence-corrected chi connectivity index (χ2v) is 4.04. The third kappa shape index (κ3) is 4.33. The lowest BCUT2D eigenvalue weighted by Gasteiger charge is -2.11. The Morgan fingerprint density at radius 2 is 1.88 bits per heavy atom. The molecule has 0 amide bonds. The van der Waals surface area contributed by atoms with Gasteiger partial charge in [0.25, 0.3) is 0 Å². The summed E-state index contributed by atoms with van der Waals surface area (Å²) < 4.78 is 5.40. The largest absolute Gasteiger partial charge is 0.386 e. The summed E-state index contributed by atoms with van der Waals surface area (Å²) in [5, 5.41) is 9.86. The van der Waals surface area contributed by atoms with Crippen molar-refractivity contribution in [3.05, 3.63) is 35.4 Å². The van der Waals surface area contributed by atoms with Gasteiger partial charge in [-0.15, -0.1) is 0 Å². The number of hydrogen-bond acceptors (Lipinski definition) is 2. The van der Waals surface area contributed by atoms with Crippen molar-refractivity contribution in [1.29, 1.82) is 0 Å². The average Bonchev–Trinajstić information content (AvgIpc) is 2.34. The maximum atomic E-state index is 9.86. The van der Waals surface area contributed by atoms with Crippen LogP contribution in [0.1, 0.15) is 43.9 Å². The summed E-state index contributed by atoms with van der Waals surface area (Å²) in [6.07, 6.45) is 2.72. The van der Waals surface area contributed by atoms with E-state index in [-0.39, 0.29) is 0 Å². The number of ether oxygens (including phenoxy) is 1. The van der Waals surface area contributed by atoms with Gasteiger partial charge in [0.1, 0.15) is 6.10 Å². The number of hydrogen-bond donors (Lipinski definition) is 1. The third-order valence-corrected chi connectivity index (χ3v) is 2.69. The minimum Gasteiger partial charge on any atom is -0.386 e. The molecule has 2 nitrogen and oxygen atoms in total. The van der Waals surface area contributed by atoms with Gasteiger partial charge in [0.05, 0.1) is 6.61 Å². The van der Waals surface area contributed by atoms with Gasteiger partial charge in [-0.1, -0.05) is 44.5 Å². The van der Waals surface area contributed by atoms with E-state index in [4.69, 9.17) is 4.74 Å². The van der Waals surface area contributed by atoms with Crippen LogP contribution in [0.15, 0.2) is 24.3 Å². The van der Waals surface area contributed by atoms with Crippen molar-refractivity contribution in [3.63, 3.8) is 0 Å². The molecule has 0 radical (unpaired) electrons. The maximum Gasteiger partial charge on any atom is 0.102 e. The summed E-state index contributed by atoms with van der Waals surface area (Å²) in [6, 6.07) is 8.08. The van der Waals surface area contributed by atoms with E-state index < -0.39 is 6.10 Å². The summed E-state index contributed by atoms with van der Waals surface area (Å²) in [5.41, 5.74) is 2.23. The summed E-state index contributed by atoms with van der Waals surface area (Å²) in [7, 11) is 0. The Bertz CT molecular complexity index is 279. The first-order valence-electron chi connectivity index (χ1n) is 6.12. The highest BCUT2D eigenvalue weighted by Crippen LogP contribution is 2.14. The van der Waals surface area contributed by atoms with Crippen molar-refractivity contribution in [2.45, 2.75) is 39.2 Å². The molecule has 0 aliphatic heterocycles. The standard InChI is InChI=1S/C14H22O2/c1-3-5-10-16-11-14(15)13-8-6-12(4-2)7-9-13/h6-9,14-15H,3-5,10-11H2,1-2H3. The van der Waals surface area contributed by atoms with Gasteiger partial charge < -0.3 is 9.84 Å². The highest BCUT2D eigenvalue weighted by Gasteiger charge is 2.06. The van der Waals surface area contributed by atoms with E-state index in [0.29, 0.717) is 6.61 Å². The monoisotopic (exact) mass is 222 g/mol. The molecule has 1 unspecified atom stereocenters. The van der Waals surface area contributed by atoms with Gasteiger partial charge in [-0.05, 0) is 24.0 Å². The molecule has 0 aliphatic carbocycles. The number of rotatable bonds is 7. The fourth-order valence-corrected chi connectivity index (χ4v) is 1.51. The molecular formula is C14H22O2. The van der Waals surface area contributed by atoms with Crippen molar-refractivity contribution in [3.8, 4) is 0 Å². The Balaban J connectivity index is 2.37. The van der Waals surface area contributed by atoms with Gasteiger partial charge >= 0.3 is 0 Å². The number of aliphatic hydroxyl groups is 1. The first-order valence-corrected chi connectivity index (χ1v) is 6.12. The summed E-state index contributed by atoms with van der Waals surface area (Å²) in [4.78, 5) is 0. The second kappa shape index (κ2) is 7.42. The highest BCUT2D eigenvalue weighted by molar-refractivity contribution is 5.24. The van der Waals surface area contributed by atoms with E-state index in [0.717, 1.165) is 31.4 Å². The van der Waals surface area contributed by atoms with Gasteiger partial charge in [-0.25, -0.2) is 0 Å². The van der Waals surface area contributed by atoms with Gasteiger partial charge in [-0.3, -0.25) is 0 Å². The smallest absolute Gasteiger partial charge is 0.102 e. The molecule has 0 fully saturated rings. The Hall–Kier alpha value is -0.860. The molecule has 0 heterocycles. The lowest BCUT2D eigenvalue weighted by atomic mass is 10.1. The molecular weight excluding hydrogens is 200 g/mol. The van der Waals surface area contributed by atoms with Crippen LogP contribution in [0.5, 0.6) is 0 Å². The van der Waals surface area contributed by atoms with Crippen LogP contribution in [0.2, 0.25) is 0 Å². The van der Waals surface area contributed by atoms with Gasteiger partial charge in [0.15, 0.2) is 0 Å². The lowest BCUT2D eigenvalue weighted by Crippen LogP contribution is -2.08. The molecule has 0 bridgehead atoms. The molecule has 1 N–H and O–H groups in total. The Labute approximate surface area is 98.3 Å². The molecule has 0 aromatic heterocycles. The summed E-state index contributed by atoms with van der Waals surface area (Å²) >= 11 is 0. The zero-order valence-electron chi connectivity index (χ0n) is 10.3. The summed E-state index contributed by atoms with van der Waals surface area (Å²) in [5.74, 6) is 0. The first-order chi connectivity index (χ1) is 7.77. The minimum atomic E-state index is -0.497.